The molecular formula is C29H27N. The van der Waals surface area contributed by atoms with Crippen molar-refractivity contribution in [2.75, 3.05) is 11.4 Å². The highest BCUT2D eigenvalue weighted by atomic mass is 15.1. The second-order valence-corrected chi connectivity index (χ2v) is 8.56. The summed E-state index contributed by atoms with van der Waals surface area (Å²) in [5.41, 5.74) is 10.6. The van der Waals surface area contributed by atoms with Gasteiger partial charge in [-0.25, -0.2) is 0 Å². The lowest BCUT2D eigenvalue weighted by molar-refractivity contribution is 0.660. The number of para-hydroxylation sites is 1. The summed E-state index contributed by atoms with van der Waals surface area (Å²) in [4.78, 5) is 2.34. The van der Waals surface area contributed by atoms with Crippen molar-refractivity contribution in [3.05, 3.63) is 108 Å². The van der Waals surface area contributed by atoms with E-state index in [1.165, 1.54) is 44.8 Å². The zero-order chi connectivity index (χ0) is 20.7. The largest absolute Gasteiger partial charge is 0.342 e. The number of rotatable bonds is 4. The molecule has 148 valence electrons. The second-order valence-electron chi connectivity index (χ2n) is 8.56. The van der Waals surface area contributed by atoms with Crippen molar-refractivity contribution >= 4 is 11.4 Å². The van der Waals surface area contributed by atoms with Crippen LogP contribution in [-0.4, -0.2) is 6.54 Å². The zero-order valence-electron chi connectivity index (χ0n) is 17.9. The van der Waals surface area contributed by atoms with Crippen molar-refractivity contribution in [1.29, 1.82) is 0 Å². The van der Waals surface area contributed by atoms with Crippen molar-refractivity contribution in [1.82, 2.24) is 0 Å². The Hall–Kier alpha value is -3.32. The van der Waals surface area contributed by atoms with E-state index >= 15 is 0 Å². The van der Waals surface area contributed by atoms with E-state index in [0.717, 1.165) is 6.54 Å². The first-order chi connectivity index (χ1) is 14.6. The summed E-state index contributed by atoms with van der Waals surface area (Å²) in [5.74, 6) is 0. The minimum Gasteiger partial charge on any atom is -0.342 e. The molecule has 0 saturated heterocycles. The molecule has 0 aliphatic heterocycles. The molecule has 0 saturated carbocycles. The SMILES string of the molecule is CCN(c1ccccc1)c1ccc(-c2ccc3c(c2)C(C)(C)c2ccccc2-3)cc1. The molecule has 0 spiro atoms. The van der Waals surface area contributed by atoms with Gasteiger partial charge in [-0.05, 0) is 70.6 Å². The monoisotopic (exact) mass is 389 g/mol. The Morgan fingerprint density at radius 1 is 0.600 bits per heavy atom. The topological polar surface area (TPSA) is 3.24 Å². The number of benzene rings is 4. The zero-order valence-corrected chi connectivity index (χ0v) is 17.9. The molecule has 0 fully saturated rings. The van der Waals surface area contributed by atoms with Crippen molar-refractivity contribution in [2.24, 2.45) is 0 Å². The average Bonchev–Trinajstić information content (AvgIpc) is 3.02. The quantitative estimate of drug-likeness (QED) is 0.344. The average molecular weight is 390 g/mol. The first kappa shape index (κ1) is 18.7. The Kier molecular flexibility index (Phi) is 4.47. The Morgan fingerprint density at radius 3 is 1.93 bits per heavy atom. The fourth-order valence-electron chi connectivity index (χ4n) is 4.84. The lowest BCUT2D eigenvalue weighted by Gasteiger charge is -2.24. The number of fused-ring (bicyclic) bond motifs is 3. The van der Waals surface area contributed by atoms with Gasteiger partial charge >= 0.3 is 0 Å². The van der Waals surface area contributed by atoms with E-state index in [-0.39, 0.29) is 5.41 Å². The maximum Gasteiger partial charge on any atom is 0.0411 e. The molecule has 0 aromatic heterocycles. The molecule has 0 N–H and O–H groups in total. The summed E-state index contributed by atoms with van der Waals surface area (Å²) in [6, 6.07) is 35.3. The maximum atomic E-state index is 2.39. The van der Waals surface area contributed by atoms with Crippen LogP contribution in [0.25, 0.3) is 22.3 Å². The third-order valence-electron chi connectivity index (χ3n) is 6.48. The summed E-state index contributed by atoms with van der Waals surface area (Å²) in [5, 5.41) is 0. The summed E-state index contributed by atoms with van der Waals surface area (Å²) in [6.45, 7) is 7.81. The molecule has 0 heterocycles. The van der Waals surface area contributed by atoms with Crippen LogP contribution in [0.15, 0.2) is 97.1 Å². The predicted molar refractivity (Wildman–Crippen MR) is 129 cm³/mol. The highest BCUT2D eigenvalue weighted by molar-refractivity contribution is 5.83. The summed E-state index contributed by atoms with van der Waals surface area (Å²) in [7, 11) is 0. The fraction of sp³-hybridized carbons (Fsp3) is 0.172. The summed E-state index contributed by atoms with van der Waals surface area (Å²) >= 11 is 0. The second kappa shape index (κ2) is 7.18. The molecule has 30 heavy (non-hydrogen) atoms. The standard InChI is InChI=1S/C29H27N/c1-4-30(23-10-6-5-7-11-23)24-17-14-21(15-18-24)22-16-19-26-25-12-8-9-13-27(25)29(2,3)28(26)20-22/h5-20H,4H2,1-3H3. The van der Waals surface area contributed by atoms with Crippen molar-refractivity contribution in [3.8, 4) is 22.3 Å². The van der Waals surface area contributed by atoms with Crippen LogP contribution in [0, 0.1) is 0 Å². The number of anilines is 2. The van der Waals surface area contributed by atoms with E-state index in [1.54, 1.807) is 0 Å². The fourth-order valence-corrected chi connectivity index (χ4v) is 4.84. The molecule has 1 aliphatic rings. The molecule has 1 nitrogen and oxygen atoms in total. The highest BCUT2D eigenvalue weighted by Gasteiger charge is 2.35. The van der Waals surface area contributed by atoms with Crippen LogP contribution in [0.2, 0.25) is 0 Å². The maximum absolute atomic E-state index is 2.39. The molecule has 0 radical (unpaired) electrons. The van der Waals surface area contributed by atoms with Crippen LogP contribution < -0.4 is 4.90 Å². The first-order valence-electron chi connectivity index (χ1n) is 10.8. The molecular weight excluding hydrogens is 362 g/mol. The number of hydrogen-bond acceptors (Lipinski definition) is 1. The Balaban J connectivity index is 1.50. The molecule has 4 aromatic carbocycles. The molecule has 0 atom stereocenters. The van der Waals surface area contributed by atoms with Gasteiger partial charge in [0.25, 0.3) is 0 Å². The predicted octanol–water partition coefficient (Wildman–Crippen LogP) is 7.82. The lowest BCUT2D eigenvalue weighted by Crippen LogP contribution is -2.15. The molecule has 1 heteroatoms. The van der Waals surface area contributed by atoms with Crippen LogP contribution in [-0.2, 0) is 5.41 Å². The third-order valence-corrected chi connectivity index (χ3v) is 6.48. The van der Waals surface area contributed by atoms with E-state index < -0.39 is 0 Å². The summed E-state index contributed by atoms with van der Waals surface area (Å²) in [6.07, 6.45) is 0. The van der Waals surface area contributed by atoms with E-state index in [0.29, 0.717) is 0 Å². The van der Waals surface area contributed by atoms with Crippen LogP contribution >= 0.6 is 0 Å². The van der Waals surface area contributed by atoms with E-state index in [9.17, 15) is 0 Å². The van der Waals surface area contributed by atoms with Gasteiger partial charge in [0.05, 0.1) is 0 Å². The first-order valence-corrected chi connectivity index (χ1v) is 10.8. The van der Waals surface area contributed by atoms with E-state index in [1.807, 2.05) is 0 Å². The van der Waals surface area contributed by atoms with Gasteiger partial charge in [-0.2, -0.15) is 0 Å². The number of nitrogens with zero attached hydrogens (tertiary/aromatic N) is 1. The Bertz CT molecular complexity index is 1190. The van der Waals surface area contributed by atoms with E-state index in [4.69, 9.17) is 0 Å². The van der Waals surface area contributed by atoms with Gasteiger partial charge in [-0.15, -0.1) is 0 Å². The van der Waals surface area contributed by atoms with Crippen LogP contribution in [0.1, 0.15) is 31.9 Å². The molecule has 0 amide bonds. The van der Waals surface area contributed by atoms with Gasteiger partial charge in [0, 0.05) is 23.3 Å². The normalized spacial score (nSPS) is 13.6. The Labute approximate surface area is 179 Å². The van der Waals surface area contributed by atoms with Gasteiger partial charge in [0.1, 0.15) is 0 Å². The van der Waals surface area contributed by atoms with Gasteiger partial charge in [-0.1, -0.05) is 80.6 Å². The molecule has 1 aliphatic carbocycles. The molecule has 0 unspecified atom stereocenters. The Morgan fingerprint density at radius 2 is 1.20 bits per heavy atom. The van der Waals surface area contributed by atoms with Crippen LogP contribution in [0.3, 0.4) is 0 Å². The van der Waals surface area contributed by atoms with Crippen molar-refractivity contribution in [2.45, 2.75) is 26.2 Å². The molecule has 4 aromatic rings. The van der Waals surface area contributed by atoms with Crippen LogP contribution in [0.4, 0.5) is 11.4 Å². The van der Waals surface area contributed by atoms with Crippen molar-refractivity contribution in [3.63, 3.8) is 0 Å². The van der Waals surface area contributed by atoms with Crippen LogP contribution in [0.5, 0.6) is 0 Å². The van der Waals surface area contributed by atoms with Gasteiger partial charge < -0.3 is 4.90 Å². The minimum atomic E-state index is 0.0359. The summed E-state index contributed by atoms with van der Waals surface area (Å²) < 4.78 is 0. The van der Waals surface area contributed by atoms with Gasteiger partial charge in [0.2, 0.25) is 0 Å². The smallest absolute Gasteiger partial charge is 0.0411 e. The molecule has 5 rings (SSSR count). The van der Waals surface area contributed by atoms with Crippen molar-refractivity contribution < 1.29 is 0 Å². The minimum absolute atomic E-state index is 0.0359. The molecule has 0 bridgehead atoms. The lowest BCUT2D eigenvalue weighted by atomic mass is 9.81. The van der Waals surface area contributed by atoms with Gasteiger partial charge in [0.15, 0.2) is 0 Å². The highest BCUT2D eigenvalue weighted by Crippen LogP contribution is 2.49. The van der Waals surface area contributed by atoms with Gasteiger partial charge in [-0.3, -0.25) is 0 Å². The number of hydrogen-bond donors (Lipinski definition) is 0. The van der Waals surface area contributed by atoms with E-state index in [2.05, 4.69) is 123 Å². The third kappa shape index (κ3) is 2.93.